The predicted molar refractivity (Wildman–Crippen MR) is 114 cm³/mol. The van der Waals surface area contributed by atoms with Gasteiger partial charge < -0.3 is 25.0 Å². The van der Waals surface area contributed by atoms with Crippen molar-refractivity contribution in [1.29, 1.82) is 0 Å². The zero-order valence-electron chi connectivity index (χ0n) is 16.7. The minimum Gasteiger partial charge on any atom is -0.454 e. The van der Waals surface area contributed by atoms with Crippen molar-refractivity contribution in [2.24, 2.45) is 5.41 Å². The minimum atomic E-state index is -0.516. The molecule has 7 nitrogen and oxygen atoms in total. The molecule has 30 heavy (non-hydrogen) atoms. The average Bonchev–Trinajstić information content (AvgIpc) is 3.22. The van der Waals surface area contributed by atoms with Crippen LogP contribution in [0.1, 0.15) is 25.3 Å². The maximum atomic E-state index is 12.8. The molecule has 0 spiro atoms. The second-order valence-electron chi connectivity index (χ2n) is 7.83. The van der Waals surface area contributed by atoms with Crippen molar-refractivity contribution in [3.63, 3.8) is 0 Å². The average molecular weight is 430 g/mol. The van der Waals surface area contributed by atoms with Gasteiger partial charge in [-0.3, -0.25) is 4.79 Å². The number of halogens is 1. The number of hydrogen-bond acceptors (Lipinski definition) is 4. The summed E-state index contributed by atoms with van der Waals surface area (Å²) in [4.78, 5) is 27.1. The Hall–Kier alpha value is -2.93. The molecule has 0 aromatic heterocycles. The Kier molecular flexibility index (Phi) is 5.72. The Bertz CT molecular complexity index is 957. The molecule has 2 aliphatic rings. The monoisotopic (exact) mass is 429 g/mol. The van der Waals surface area contributed by atoms with Crippen LogP contribution in [0.3, 0.4) is 0 Å². The third-order valence-electron chi connectivity index (χ3n) is 5.71. The Balaban J connectivity index is 1.29. The highest BCUT2D eigenvalue weighted by Gasteiger charge is 2.38. The normalized spacial score (nSPS) is 16.8. The van der Waals surface area contributed by atoms with Gasteiger partial charge in [0.2, 0.25) is 12.7 Å². The van der Waals surface area contributed by atoms with E-state index in [2.05, 4.69) is 10.6 Å². The molecule has 3 amide bonds. The topological polar surface area (TPSA) is 79.9 Å². The van der Waals surface area contributed by atoms with Gasteiger partial charge in [0, 0.05) is 25.0 Å². The molecule has 2 N–H and O–H groups in total. The number of benzene rings is 2. The van der Waals surface area contributed by atoms with Gasteiger partial charge in [-0.15, -0.1) is 0 Å². The molecule has 0 aliphatic carbocycles. The Morgan fingerprint density at radius 1 is 1.10 bits per heavy atom. The summed E-state index contributed by atoms with van der Waals surface area (Å²) < 4.78 is 10.7. The number of likely N-dealkylation sites (tertiary alicyclic amines) is 1. The summed E-state index contributed by atoms with van der Waals surface area (Å²) in [6.45, 7) is 3.60. The number of hydrogen-bond donors (Lipinski definition) is 2. The summed E-state index contributed by atoms with van der Waals surface area (Å²) in [5.41, 5.74) is 1.02. The molecule has 158 valence electrons. The molecule has 0 atom stereocenters. The van der Waals surface area contributed by atoms with Crippen molar-refractivity contribution < 1.29 is 19.1 Å². The number of nitrogens with one attached hydrogen (secondary N) is 2. The number of ether oxygens (including phenoxy) is 2. The maximum absolute atomic E-state index is 12.8. The second-order valence-corrected chi connectivity index (χ2v) is 8.24. The summed E-state index contributed by atoms with van der Waals surface area (Å²) in [6, 6.07) is 12.6. The highest BCUT2D eigenvalue weighted by molar-refractivity contribution is 6.33. The van der Waals surface area contributed by atoms with E-state index in [1.165, 1.54) is 0 Å². The summed E-state index contributed by atoms with van der Waals surface area (Å²) in [6.07, 6.45) is 1.19. The molecular weight excluding hydrogens is 406 g/mol. The Morgan fingerprint density at radius 2 is 1.83 bits per heavy atom. The second kappa shape index (κ2) is 8.44. The fourth-order valence-corrected chi connectivity index (χ4v) is 3.82. The molecule has 2 aliphatic heterocycles. The van der Waals surface area contributed by atoms with Gasteiger partial charge in [0.1, 0.15) is 0 Å². The summed E-state index contributed by atoms with van der Waals surface area (Å²) in [7, 11) is 0. The van der Waals surface area contributed by atoms with Crippen LogP contribution < -0.4 is 20.1 Å². The van der Waals surface area contributed by atoms with Crippen LogP contribution >= 0.6 is 11.6 Å². The largest absolute Gasteiger partial charge is 0.454 e. The van der Waals surface area contributed by atoms with E-state index in [1.54, 1.807) is 17.0 Å². The van der Waals surface area contributed by atoms with Crippen LogP contribution in [0, 0.1) is 5.41 Å². The molecular formula is C22H24ClN3O4. The van der Waals surface area contributed by atoms with Crippen molar-refractivity contribution in [3.8, 4) is 11.5 Å². The number of nitrogens with zero attached hydrogens (tertiary/aromatic N) is 1. The molecule has 0 radical (unpaired) electrons. The SMILES string of the molecule is CC1(C(=O)NCc2ccc3c(c2)OCO3)CCN(C(=O)Nc2ccccc2Cl)CC1. The molecule has 1 saturated heterocycles. The fourth-order valence-electron chi connectivity index (χ4n) is 3.63. The lowest BCUT2D eigenvalue weighted by atomic mass is 9.79. The lowest BCUT2D eigenvalue weighted by Crippen LogP contribution is -2.49. The van der Waals surface area contributed by atoms with Crippen molar-refractivity contribution in [2.45, 2.75) is 26.3 Å². The molecule has 1 fully saturated rings. The van der Waals surface area contributed by atoms with E-state index >= 15 is 0 Å². The first kappa shape index (κ1) is 20.3. The Labute approximate surface area is 180 Å². The molecule has 8 heteroatoms. The molecule has 0 unspecified atom stereocenters. The Morgan fingerprint density at radius 3 is 2.60 bits per heavy atom. The predicted octanol–water partition coefficient (Wildman–Crippen LogP) is 4.02. The quantitative estimate of drug-likeness (QED) is 0.769. The first-order chi connectivity index (χ1) is 14.4. The van der Waals surface area contributed by atoms with Gasteiger partial charge in [0.15, 0.2) is 11.5 Å². The van der Waals surface area contributed by atoms with Crippen LogP contribution in [0.15, 0.2) is 42.5 Å². The molecule has 0 bridgehead atoms. The molecule has 2 aromatic carbocycles. The van der Waals surface area contributed by atoms with Crippen LogP contribution in [0.25, 0.3) is 0 Å². The van der Waals surface area contributed by atoms with Gasteiger partial charge in [-0.05, 0) is 42.7 Å². The number of rotatable bonds is 4. The minimum absolute atomic E-state index is 0.00803. The van der Waals surface area contributed by atoms with E-state index in [1.807, 2.05) is 37.3 Å². The number of fused-ring (bicyclic) bond motifs is 1. The standard InChI is InChI=1S/C22H24ClN3O4/c1-22(20(27)24-13-15-6-7-18-19(12-15)30-14-29-18)8-10-26(11-9-22)21(28)25-17-5-3-2-4-16(17)23/h2-7,12H,8-11,13-14H2,1H3,(H,24,27)(H,25,28). The van der Waals surface area contributed by atoms with Crippen molar-refractivity contribution in [2.75, 3.05) is 25.2 Å². The lowest BCUT2D eigenvalue weighted by Gasteiger charge is -2.38. The van der Waals surface area contributed by atoms with Crippen LogP contribution in [0.2, 0.25) is 5.02 Å². The summed E-state index contributed by atoms with van der Waals surface area (Å²) in [5, 5.41) is 6.35. The van der Waals surface area contributed by atoms with Gasteiger partial charge in [0.25, 0.3) is 0 Å². The number of carbonyl (C=O) groups excluding carboxylic acids is 2. The highest BCUT2D eigenvalue weighted by atomic mass is 35.5. The van der Waals surface area contributed by atoms with Gasteiger partial charge in [-0.1, -0.05) is 36.7 Å². The van der Waals surface area contributed by atoms with E-state index in [-0.39, 0.29) is 18.7 Å². The van der Waals surface area contributed by atoms with Gasteiger partial charge in [-0.2, -0.15) is 0 Å². The zero-order valence-corrected chi connectivity index (χ0v) is 17.5. The summed E-state index contributed by atoms with van der Waals surface area (Å²) in [5.74, 6) is 1.41. The summed E-state index contributed by atoms with van der Waals surface area (Å²) >= 11 is 6.11. The van der Waals surface area contributed by atoms with Gasteiger partial charge in [0.05, 0.1) is 10.7 Å². The molecule has 2 heterocycles. The lowest BCUT2D eigenvalue weighted by molar-refractivity contribution is -0.132. The van der Waals surface area contributed by atoms with Gasteiger partial charge in [-0.25, -0.2) is 4.79 Å². The van der Waals surface area contributed by atoms with Crippen LogP contribution in [-0.4, -0.2) is 36.7 Å². The van der Waals surface area contributed by atoms with E-state index in [9.17, 15) is 9.59 Å². The molecule has 0 saturated carbocycles. The van der Waals surface area contributed by atoms with E-state index < -0.39 is 5.41 Å². The van der Waals surface area contributed by atoms with Crippen molar-refractivity contribution in [3.05, 3.63) is 53.1 Å². The van der Waals surface area contributed by atoms with E-state index in [0.717, 1.165) is 11.3 Å². The first-order valence-electron chi connectivity index (χ1n) is 9.92. The maximum Gasteiger partial charge on any atom is 0.321 e. The number of para-hydroxylation sites is 1. The highest BCUT2D eigenvalue weighted by Crippen LogP contribution is 2.34. The zero-order chi connectivity index (χ0) is 21.1. The number of urea groups is 1. The van der Waals surface area contributed by atoms with Crippen molar-refractivity contribution in [1.82, 2.24) is 10.2 Å². The number of anilines is 1. The first-order valence-corrected chi connectivity index (χ1v) is 10.3. The van der Waals surface area contributed by atoms with Crippen LogP contribution in [0.4, 0.5) is 10.5 Å². The third-order valence-corrected chi connectivity index (χ3v) is 6.04. The smallest absolute Gasteiger partial charge is 0.321 e. The number of piperidine rings is 1. The van der Waals surface area contributed by atoms with E-state index in [4.69, 9.17) is 21.1 Å². The molecule has 2 aromatic rings. The molecule has 4 rings (SSSR count). The fraction of sp³-hybridized carbons (Fsp3) is 0.364. The number of carbonyl (C=O) groups is 2. The third kappa shape index (κ3) is 4.31. The van der Waals surface area contributed by atoms with Crippen LogP contribution in [0.5, 0.6) is 11.5 Å². The van der Waals surface area contributed by atoms with Crippen LogP contribution in [-0.2, 0) is 11.3 Å². The van der Waals surface area contributed by atoms with Crippen molar-refractivity contribution >= 4 is 29.2 Å². The number of amides is 3. The van der Waals surface area contributed by atoms with Gasteiger partial charge >= 0.3 is 6.03 Å². The van der Waals surface area contributed by atoms with E-state index in [0.29, 0.717) is 48.9 Å².